The lowest BCUT2D eigenvalue weighted by Crippen LogP contribution is -2.25. The van der Waals surface area contributed by atoms with E-state index in [0.717, 1.165) is 0 Å². The Morgan fingerprint density at radius 2 is 1.87 bits per heavy atom. The van der Waals surface area contributed by atoms with Crippen LogP contribution in [0.25, 0.3) is 0 Å². The third-order valence-electron chi connectivity index (χ3n) is 3.00. The van der Waals surface area contributed by atoms with Gasteiger partial charge in [-0.1, -0.05) is 13.8 Å². The number of benzene rings is 1. The van der Waals surface area contributed by atoms with E-state index >= 15 is 0 Å². The van der Waals surface area contributed by atoms with E-state index in [1.807, 2.05) is 13.8 Å². The smallest absolute Gasteiger partial charge is 0.126 e. The first kappa shape index (κ1) is 12.0. The Bertz CT molecular complexity index is 359. The highest BCUT2D eigenvalue weighted by molar-refractivity contribution is 5.52. The molecule has 0 amide bonds. The van der Waals surface area contributed by atoms with Crippen LogP contribution in [0.2, 0.25) is 0 Å². The van der Waals surface area contributed by atoms with E-state index in [4.69, 9.17) is 5.73 Å². The number of aliphatic hydroxyl groups is 1. The van der Waals surface area contributed by atoms with Crippen molar-refractivity contribution in [2.24, 2.45) is 0 Å². The van der Waals surface area contributed by atoms with Gasteiger partial charge in [-0.15, -0.1) is 0 Å². The summed E-state index contributed by atoms with van der Waals surface area (Å²) < 4.78 is 13.4. The lowest BCUT2D eigenvalue weighted by molar-refractivity contribution is 0.0288. The van der Waals surface area contributed by atoms with Gasteiger partial charge in [0.2, 0.25) is 0 Å². The molecule has 1 aromatic rings. The predicted molar refractivity (Wildman–Crippen MR) is 60.0 cm³/mol. The van der Waals surface area contributed by atoms with Crippen LogP contribution in [0.1, 0.15) is 37.8 Å². The molecular weight excluding hydrogens is 193 g/mol. The van der Waals surface area contributed by atoms with E-state index in [-0.39, 0.29) is 5.82 Å². The van der Waals surface area contributed by atoms with Crippen LogP contribution in [-0.2, 0) is 5.60 Å². The van der Waals surface area contributed by atoms with Crippen molar-refractivity contribution in [3.8, 4) is 0 Å². The third-order valence-corrected chi connectivity index (χ3v) is 3.00. The standard InChI is InChI=1S/C12H18FNO/c1-4-12(15,5-2)9-7-10(13)8(3)6-11(9)14/h6-7,15H,4-5,14H2,1-3H3. The number of rotatable bonds is 3. The molecule has 0 aromatic heterocycles. The van der Waals surface area contributed by atoms with Crippen LogP contribution in [0, 0.1) is 12.7 Å². The minimum atomic E-state index is -1.02. The summed E-state index contributed by atoms with van der Waals surface area (Å²) >= 11 is 0. The molecule has 0 aliphatic rings. The summed E-state index contributed by atoms with van der Waals surface area (Å²) in [6.45, 7) is 5.38. The molecule has 84 valence electrons. The van der Waals surface area contributed by atoms with Crippen LogP contribution in [0.15, 0.2) is 12.1 Å². The number of nitrogens with two attached hydrogens (primary N) is 1. The molecule has 0 radical (unpaired) electrons. The Hall–Kier alpha value is -1.09. The fourth-order valence-electron chi connectivity index (χ4n) is 1.74. The molecule has 1 aromatic carbocycles. The third kappa shape index (κ3) is 2.12. The van der Waals surface area contributed by atoms with E-state index < -0.39 is 5.60 Å². The summed E-state index contributed by atoms with van der Waals surface area (Å²) in [5.41, 5.74) is 6.25. The second-order valence-corrected chi connectivity index (χ2v) is 3.93. The van der Waals surface area contributed by atoms with Gasteiger partial charge in [0, 0.05) is 11.3 Å². The number of halogens is 1. The van der Waals surface area contributed by atoms with Crippen LogP contribution in [0.4, 0.5) is 10.1 Å². The van der Waals surface area contributed by atoms with Crippen LogP contribution >= 0.6 is 0 Å². The first-order chi connectivity index (χ1) is 6.94. The number of hydrogen-bond acceptors (Lipinski definition) is 2. The van der Waals surface area contributed by atoms with Crippen molar-refractivity contribution < 1.29 is 9.50 Å². The van der Waals surface area contributed by atoms with Gasteiger partial charge in [-0.25, -0.2) is 4.39 Å². The Morgan fingerprint density at radius 3 is 2.33 bits per heavy atom. The second-order valence-electron chi connectivity index (χ2n) is 3.93. The average molecular weight is 211 g/mol. The van der Waals surface area contributed by atoms with Gasteiger partial charge in [0.1, 0.15) is 5.82 Å². The zero-order valence-corrected chi connectivity index (χ0v) is 9.47. The van der Waals surface area contributed by atoms with Gasteiger partial charge in [0.15, 0.2) is 0 Å². The Kier molecular flexibility index (Phi) is 3.35. The predicted octanol–water partition coefficient (Wildman–Crippen LogP) is 2.72. The van der Waals surface area contributed by atoms with Gasteiger partial charge in [-0.05, 0) is 37.5 Å². The van der Waals surface area contributed by atoms with Crippen molar-refractivity contribution in [1.82, 2.24) is 0 Å². The van der Waals surface area contributed by atoms with Gasteiger partial charge < -0.3 is 10.8 Å². The molecule has 3 heteroatoms. The van der Waals surface area contributed by atoms with Gasteiger partial charge >= 0.3 is 0 Å². The zero-order valence-electron chi connectivity index (χ0n) is 9.47. The average Bonchev–Trinajstić information content (AvgIpc) is 2.22. The fourth-order valence-corrected chi connectivity index (χ4v) is 1.74. The van der Waals surface area contributed by atoms with Crippen molar-refractivity contribution in [3.05, 3.63) is 29.1 Å². The normalized spacial score (nSPS) is 11.8. The molecule has 0 unspecified atom stereocenters. The summed E-state index contributed by atoms with van der Waals surface area (Å²) in [7, 11) is 0. The summed E-state index contributed by atoms with van der Waals surface area (Å²) in [6.07, 6.45) is 1.05. The minimum absolute atomic E-state index is 0.320. The monoisotopic (exact) mass is 211 g/mol. The molecule has 0 saturated carbocycles. The topological polar surface area (TPSA) is 46.2 Å². The Balaban J connectivity index is 3.30. The molecule has 0 aliphatic carbocycles. The van der Waals surface area contributed by atoms with Crippen LogP contribution in [0.3, 0.4) is 0 Å². The highest BCUT2D eigenvalue weighted by Crippen LogP contribution is 2.33. The molecule has 1 rings (SSSR count). The minimum Gasteiger partial charge on any atom is -0.398 e. The van der Waals surface area contributed by atoms with Crippen molar-refractivity contribution in [2.75, 3.05) is 5.73 Å². The number of anilines is 1. The molecule has 3 N–H and O–H groups in total. The first-order valence-corrected chi connectivity index (χ1v) is 5.23. The lowest BCUT2D eigenvalue weighted by atomic mass is 9.87. The molecule has 0 aliphatic heterocycles. The molecule has 0 spiro atoms. The van der Waals surface area contributed by atoms with E-state index in [9.17, 15) is 9.50 Å². The molecule has 0 atom stereocenters. The lowest BCUT2D eigenvalue weighted by Gasteiger charge is -2.27. The van der Waals surface area contributed by atoms with Crippen LogP contribution in [-0.4, -0.2) is 5.11 Å². The quantitative estimate of drug-likeness (QED) is 0.755. The van der Waals surface area contributed by atoms with Gasteiger partial charge in [0.05, 0.1) is 5.60 Å². The van der Waals surface area contributed by atoms with Crippen molar-refractivity contribution in [3.63, 3.8) is 0 Å². The Morgan fingerprint density at radius 1 is 1.33 bits per heavy atom. The fraction of sp³-hybridized carbons (Fsp3) is 0.500. The molecule has 0 saturated heterocycles. The second kappa shape index (κ2) is 4.19. The van der Waals surface area contributed by atoms with E-state index in [1.165, 1.54) is 6.07 Å². The maximum atomic E-state index is 13.4. The summed E-state index contributed by atoms with van der Waals surface area (Å²) in [5, 5.41) is 10.2. The maximum absolute atomic E-state index is 13.4. The highest BCUT2D eigenvalue weighted by Gasteiger charge is 2.27. The maximum Gasteiger partial charge on any atom is 0.126 e. The first-order valence-electron chi connectivity index (χ1n) is 5.23. The summed E-state index contributed by atoms with van der Waals surface area (Å²) in [4.78, 5) is 0. The number of aryl methyl sites for hydroxylation is 1. The zero-order chi connectivity index (χ0) is 11.6. The molecule has 15 heavy (non-hydrogen) atoms. The molecule has 0 heterocycles. The number of nitrogen functional groups attached to an aromatic ring is 1. The van der Waals surface area contributed by atoms with Crippen LogP contribution in [0.5, 0.6) is 0 Å². The molecule has 2 nitrogen and oxygen atoms in total. The SMILES string of the molecule is CCC(O)(CC)c1cc(F)c(C)cc1N. The summed E-state index contributed by atoms with van der Waals surface area (Å²) in [5.74, 6) is -0.320. The summed E-state index contributed by atoms with van der Waals surface area (Å²) in [6, 6.07) is 2.92. The Labute approximate surface area is 89.9 Å². The highest BCUT2D eigenvalue weighted by atomic mass is 19.1. The van der Waals surface area contributed by atoms with E-state index in [0.29, 0.717) is 29.7 Å². The molecule has 0 bridgehead atoms. The largest absolute Gasteiger partial charge is 0.398 e. The van der Waals surface area contributed by atoms with E-state index in [1.54, 1.807) is 13.0 Å². The van der Waals surface area contributed by atoms with Crippen molar-refractivity contribution in [1.29, 1.82) is 0 Å². The van der Waals surface area contributed by atoms with Gasteiger partial charge in [-0.3, -0.25) is 0 Å². The molecule has 0 fully saturated rings. The van der Waals surface area contributed by atoms with E-state index in [2.05, 4.69) is 0 Å². The van der Waals surface area contributed by atoms with Crippen molar-refractivity contribution >= 4 is 5.69 Å². The molecular formula is C12H18FNO. The van der Waals surface area contributed by atoms with Crippen molar-refractivity contribution in [2.45, 2.75) is 39.2 Å². The number of hydrogen-bond donors (Lipinski definition) is 2. The van der Waals surface area contributed by atoms with Gasteiger partial charge in [0.25, 0.3) is 0 Å². The van der Waals surface area contributed by atoms with Crippen LogP contribution < -0.4 is 5.73 Å². The van der Waals surface area contributed by atoms with Gasteiger partial charge in [-0.2, -0.15) is 0 Å².